The Morgan fingerprint density at radius 2 is 1.63 bits per heavy atom. The number of carbonyl (C=O) groups is 4. The van der Waals surface area contributed by atoms with E-state index in [1.54, 1.807) is 18.2 Å². The Bertz CT molecular complexity index is 793. The lowest BCUT2D eigenvalue weighted by molar-refractivity contribution is -0.154. The molecule has 1 aliphatic heterocycles. The van der Waals surface area contributed by atoms with Crippen molar-refractivity contribution >= 4 is 52.6 Å². The predicted octanol–water partition coefficient (Wildman–Crippen LogP) is 2.43. The third kappa shape index (κ3) is 4.14. The molecule has 1 heterocycles. The summed E-state index contributed by atoms with van der Waals surface area (Å²) in [5.41, 5.74) is 0.211. The number of esters is 1. The fraction of sp³-hybridized carbons (Fsp3) is 0.333. The van der Waals surface area contributed by atoms with Crippen molar-refractivity contribution < 1.29 is 23.9 Å². The van der Waals surface area contributed by atoms with Crippen molar-refractivity contribution in [1.29, 1.82) is 0 Å². The van der Waals surface area contributed by atoms with E-state index in [-0.39, 0.29) is 27.5 Å². The van der Waals surface area contributed by atoms with Crippen LogP contribution in [0, 0.1) is 11.8 Å². The summed E-state index contributed by atoms with van der Waals surface area (Å²) in [6.07, 6.45) is 4.69. The molecule has 0 aromatic heterocycles. The van der Waals surface area contributed by atoms with Gasteiger partial charge in [-0.15, -0.1) is 0 Å². The molecule has 27 heavy (non-hydrogen) atoms. The van der Waals surface area contributed by atoms with E-state index >= 15 is 0 Å². The molecule has 1 fully saturated rings. The molecule has 0 unspecified atom stereocenters. The van der Waals surface area contributed by atoms with Crippen LogP contribution < -0.4 is 5.32 Å². The molecule has 1 aliphatic carbocycles. The largest absolute Gasteiger partial charge is 0.454 e. The van der Waals surface area contributed by atoms with Crippen LogP contribution in [0.5, 0.6) is 0 Å². The highest BCUT2D eigenvalue weighted by Gasteiger charge is 2.47. The van der Waals surface area contributed by atoms with E-state index in [0.717, 1.165) is 4.90 Å². The maximum atomic E-state index is 12.3. The van der Waals surface area contributed by atoms with Gasteiger partial charge in [0.05, 0.1) is 27.6 Å². The average molecular weight is 411 g/mol. The minimum absolute atomic E-state index is 0.211. The molecular formula is C18H16Cl2N2O5. The number of allylic oxidation sites excluding steroid dienone is 2. The Labute approximate surface area is 165 Å². The average Bonchev–Trinajstić information content (AvgIpc) is 2.88. The number of para-hydroxylation sites is 1. The fourth-order valence-corrected chi connectivity index (χ4v) is 3.63. The van der Waals surface area contributed by atoms with Crippen molar-refractivity contribution in [2.45, 2.75) is 12.8 Å². The van der Waals surface area contributed by atoms with Crippen LogP contribution in [-0.2, 0) is 23.9 Å². The number of rotatable bonds is 5. The third-order valence-corrected chi connectivity index (χ3v) is 5.11. The molecular weight excluding hydrogens is 395 g/mol. The zero-order valence-corrected chi connectivity index (χ0v) is 15.6. The molecule has 0 saturated carbocycles. The van der Waals surface area contributed by atoms with Gasteiger partial charge in [0.1, 0.15) is 6.54 Å². The van der Waals surface area contributed by atoms with Crippen LogP contribution >= 0.6 is 23.2 Å². The highest BCUT2D eigenvalue weighted by Crippen LogP contribution is 2.35. The molecule has 142 valence electrons. The van der Waals surface area contributed by atoms with E-state index in [4.69, 9.17) is 27.9 Å². The van der Waals surface area contributed by atoms with E-state index in [0.29, 0.717) is 12.8 Å². The Morgan fingerprint density at radius 3 is 2.19 bits per heavy atom. The lowest BCUT2D eigenvalue weighted by Crippen LogP contribution is -2.37. The predicted molar refractivity (Wildman–Crippen MR) is 98.1 cm³/mol. The van der Waals surface area contributed by atoms with Gasteiger partial charge in [0.2, 0.25) is 11.8 Å². The first kappa shape index (κ1) is 19.4. The maximum Gasteiger partial charge on any atom is 0.326 e. The Kier molecular flexibility index (Phi) is 5.82. The number of benzene rings is 1. The minimum Gasteiger partial charge on any atom is -0.454 e. The Morgan fingerprint density at radius 1 is 1.07 bits per heavy atom. The second-order valence-electron chi connectivity index (χ2n) is 6.22. The quantitative estimate of drug-likeness (QED) is 0.457. The number of hydrogen-bond acceptors (Lipinski definition) is 5. The van der Waals surface area contributed by atoms with E-state index in [1.165, 1.54) is 0 Å². The van der Waals surface area contributed by atoms with E-state index < -0.39 is 36.9 Å². The number of fused-ring (bicyclic) bond motifs is 1. The van der Waals surface area contributed by atoms with Gasteiger partial charge in [-0.25, -0.2) is 0 Å². The molecule has 1 saturated heterocycles. The number of ether oxygens (including phenoxy) is 1. The summed E-state index contributed by atoms with van der Waals surface area (Å²) >= 11 is 11.9. The molecule has 0 radical (unpaired) electrons. The van der Waals surface area contributed by atoms with Crippen LogP contribution in [0.3, 0.4) is 0 Å². The van der Waals surface area contributed by atoms with Crippen LogP contribution in [0.25, 0.3) is 0 Å². The van der Waals surface area contributed by atoms with Gasteiger partial charge in [0.25, 0.3) is 5.91 Å². The molecule has 1 N–H and O–H groups in total. The van der Waals surface area contributed by atoms with Gasteiger partial charge in [-0.1, -0.05) is 41.4 Å². The van der Waals surface area contributed by atoms with Gasteiger partial charge in [-0.05, 0) is 25.0 Å². The Hall–Kier alpha value is -2.38. The number of nitrogens with one attached hydrogen (secondary N) is 1. The topological polar surface area (TPSA) is 92.8 Å². The summed E-state index contributed by atoms with van der Waals surface area (Å²) in [4.78, 5) is 49.4. The Balaban J connectivity index is 1.52. The maximum absolute atomic E-state index is 12.3. The van der Waals surface area contributed by atoms with Crippen LogP contribution in [0.4, 0.5) is 5.69 Å². The first-order valence-electron chi connectivity index (χ1n) is 8.28. The second-order valence-corrected chi connectivity index (χ2v) is 7.04. The van der Waals surface area contributed by atoms with Gasteiger partial charge in [0, 0.05) is 0 Å². The third-order valence-electron chi connectivity index (χ3n) is 4.48. The molecule has 2 aliphatic rings. The standard InChI is InChI=1S/C18H16Cl2N2O5/c19-12-6-3-7-13(20)16(12)21-14(23)9-27-15(24)8-22-17(25)10-4-1-2-5-11(10)18(22)26/h1-3,6-7,10-11H,4-5,8-9H2,(H,21,23)/t10-,11-/m0/s1. The number of likely N-dealkylation sites (tertiary alicyclic amines) is 1. The lowest BCUT2D eigenvalue weighted by atomic mass is 9.85. The minimum atomic E-state index is -0.844. The second kappa shape index (κ2) is 8.10. The molecule has 1 aromatic carbocycles. The summed E-state index contributed by atoms with van der Waals surface area (Å²) in [6.45, 7) is -1.10. The first-order valence-corrected chi connectivity index (χ1v) is 9.03. The first-order chi connectivity index (χ1) is 12.9. The zero-order valence-electron chi connectivity index (χ0n) is 14.1. The number of imide groups is 1. The van der Waals surface area contributed by atoms with Gasteiger partial charge in [0.15, 0.2) is 6.61 Å². The van der Waals surface area contributed by atoms with Crippen LogP contribution in [0.1, 0.15) is 12.8 Å². The molecule has 3 rings (SSSR count). The molecule has 3 amide bonds. The number of carbonyl (C=O) groups excluding carboxylic acids is 4. The van der Waals surface area contributed by atoms with Crippen molar-refractivity contribution in [1.82, 2.24) is 4.90 Å². The highest BCUT2D eigenvalue weighted by atomic mass is 35.5. The molecule has 0 bridgehead atoms. The number of nitrogens with zero attached hydrogens (tertiary/aromatic N) is 1. The summed E-state index contributed by atoms with van der Waals surface area (Å²) < 4.78 is 4.87. The number of amides is 3. The van der Waals surface area contributed by atoms with E-state index in [9.17, 15) is 19.2 Å². The van der Waals surface area contributed by atoms with E-state index in [2.05, 4.69) is 5.32 Å². The lowest BCUT2D eigenvalue weighted by Gasteiger charge is -2.14. The van der Waals surface area contributed by atoms with Gasteiger partial charge < -0.3 is 10.1 Å². The van der Waals surface area contributed by atoms with E-state index in [1.807, 2.05) is 12.2 Å². The fourth-order valence-electron chi connectivity index (χ4n) is 3.14. The van der Waals surface area contributed by atoms with Gasteiger partial charge in [-0.2, -0.15) is 0 Å². The van der Waals surface area contributed by atoms with Crippen molar-refractivity contribution in [3.63, 3.8) is 0 Å². The number of anilines is 1. The molecule has 0 spiro atoms. The zero-order chi connectivity index (χ0) is 19.6. The van der Waals surface area contributed by atoms with Crippen molar-refractivity contribution in [3.8, 4) is 0 Å². The highest BCUT2D eigenvalue weighted by molar-refractivity contribution is 6.39. The van der Waals surface area contributed by atoms with Crippen LogP contribution in [0.15, 0.2) is 30.4 Å². The summed E-state index contributed by atoms with van der Waals surface area (Å²) in [7, 11) is 0. The van der Waals surface area contributed by atoms with Gasteiger partial charge >= 0.3 is 5.97 Å². The van der Waals surface area contributed by atoms with Crippen LogP contribution in [0.2, 0.25) is 10.0 Å². The summed E-state index contributed by atoms with van der Waals surface area (Å²) in [5.74, 6) is -3.07. The smallest absolute Gasteiger partial charge is 0.326 e. The monoisotopic (exact) mass is 410 g/mol. The van der Waals surface area contributed by atoms with Crippen molar-refractivity contribution in [3.05, 3.63) is 40.4 Å². The van der Waals surface area contributed by atoms with Crippen LogP contribution in [-0.4, -0.2) is 41.7 Å². The normalized spacial score (nSPS) is 21.2. The molecule has 2 atom stereocenters. The summed E-state index contributed by atoms with van der Waals surface area (Å²) in [5, 5.41) is 2.93. The number of hydrogen-bond donors (Lipinski definition) is 1. The number of halogens is 2. The summed E-state index contributed by atoms with van der Waals surface area (Å²) in [6, 6.07) is 4.72. The SMILES string of the molecule is O=C(COC(=O)CN1C(=O)[C@H]2CC=CC[C@@H]2C1=O)Nc1c(Cl)cccc1Cl. The molecule has 1 aromatic rings. The van der Waals surface area contributed by atoms with Crippen molar-refractivity contribution in [2.24, 2.45) is 11.8 Å². The molecule has 7 nitrogen and oxygen atoms in total. The van der Waals surface area contributed by atoms with Crippen molar-refractivity contribution in [2.75, 3.05) is 18.5 Å². The molecule has 9 heteroatoms. The van der Waals surface area contributed by atoms with Gasteiger partial charge in [-0.3, -0.25) is 24.1 Å².